The smallest absolute Gasteiger partial charge is 0.265 e. The first kappa shape index (κ1) is 18.6. The Morgan fingerprint density at radius 2 is 1.73 bits per heavy atom. The lowest BCUT2D eigenvalue weighted by atomic mass is 10.2. The lowest BCUT2D eigenvalue weighted by Gasteiger charge is -2.10. The van der Waals surface area contributed by atoms with Crippen LogP contribution in [0.15, 0.2) is 51.8 Å². The number of nitrogens with zero attached hydrogens (tertiary/aromatic N) is 2. The lowest BCUT2D eigenvalue weighted by Crippen LogP contribution is -2.15. The number of halogens is 2. The second-order valence-electron chi connectivity index (χ2n) is 5.96. The number of hydrogen-bond donors (Lipinski definition) is 1. The number of aromatic nitrogens is 2. The zero-order valence-corrected chi connectivity index (χ0v) is 16.8. The summed E-state index contributed by atoms with van der Waals surface area (Å²) in [6.45, 7) is 5.18. The van der Waals surface area contributed by atoms with Gasteiger partial charge in [0.25, 0.3) is 10.0 Å². The topological polar surface area (TPSA) is 64.0 Å². The van der Waals surface area contributed by atoms with E-state index in [2.05, 4.69) is 25.8 Å². The van der Waals surface area contributed by atoms with E-state index in [-0.39, 0.29) is 10.7 Å². The molecule has 0 amide bonds. The number of aryl methyl sites for hydroxylation is 2. The SMILES string of the molecule is Cc1cc(NS(=O)(=O)c2c(C)nn(-c3ccc(F)cc3)c2C)ccc1Br. The van der Waals surface area contributed by atoms with Crippen LogP contribution in [0.2, 0.25) is 0 Å². The van der Waals surface area contributed by atoms with Crippen molar-refractivity contribution in [1.29, 1.82) is 0 Å². The summed E-state index contributed by atoms with van der Waals surface area (Å²) in [5, 5.41) is 4.32. The maximum absolute atomic E-state index is 13.1. The Bertz CT molecular complexity index is 1080. The van der Waals surface area contributed by atoms with Gasteiger partial charge in [0.15, 0.2) is 0 Å². The molecule has 1 aromatic heterocycles. The molecule has 5 nitrogen and oxygen atoms in total. The monoisotopic (exact) mass is 437 g/mol. The average molecular weight is 438 g/mol. The van der Waals surface area contributed by atoms with Crippen molar-refractivity contribution in [2.24, 2.45) is 0 Å². The van der Waals surface area contributed by atoms with Crippen molar-refractivity contribution in [1.82, 2.24) is 9.78 Å². The normalized spacial score (nSPS) is 11.6. The largest absolute Gasteiger partial charge is 0.280 e. The molecule has 0 aliphatic rings. The van der Waals surface area contributed by atoms with E-state index in [1.165, 1.54) is 16.8 Å². The van der Waals surface area contributed by atoms with Crippen molar-refractivity contribution >= 4 is 31.6 Å². The third kappa shape index (κ3) is 3.52. The standard InChI is InChI=1S/C18H17BrFN3O2S/c1-11-10-15(6-9-17(11)19)22-26(24,25)18-12(2)21-23(13(18)3)16-7-4-14(20)5-8-16/h4-10,22H,1-3H3. The Morgan fingerprint density at radius 1 is 1.08 bits per heavy atom. The van der Waals surface area contributed by atoms with E-state index in [1.54, 1.807) is 44.2 Å². The highest BCUT2D eigenvalue weighted by Gasteiger charge is 2.25. The van der Waals surface area contributed by atoms with Gasteiger partial charge in [0.05, 0.1) is 17.1 Å². The minimum atomic E-state index is -3.82. The number of sulfonamides is 1. The molecule has 0 atom stereocenters. The first-order valence-electron chi connectivity index (χ1n) is 7.80. The highest BCUT2D eigenvalue weighted by molar-refractivity contribution is 9.10. The summed E-state index contributed by atoms with van der Waals surface area (Å²) >= 11 is 3.39. The number of benzene rings is 2. The van der Waals surface area contributed by atoms with E-state index in [1.807, 2.05) is 6.92 Å². The second-order valence-corrected chi connectivity index (χ2v) is 8.43. The summed E-state index contributed by atoms with van der Waals surface area (Å²) in [7, 11) is -3.82. The molecular weight excluding hydrogens is 421 g/mol. The molecule has 0 bridgehead atoms. The van der Waals surface area contributed by atoms with Crippen LogP contribution in [-0.4, -0.2) is 18.2 Å². The lowest BCUT2D eigenvalue weighted by molar-refractivity contribution is 0.600. The van der Waals surface area contributed by atoms with Crippen LogP contribution >= 0.6 is 15.9 Å². The Morgan fingerprint density at radius 3 is 2.35 bits per heavy atom. The van der Waals surface area contributed by atoms with Gasteiger partial charge in [-0.1, -0.05) is 15.9 Å². The van der Waals surface area contributed by atoms with Gasteiger partial charge in [-0.15, -0.1) is 0 Å². The highest BCUT2D eigenvalue weighted by Crippen LogP contribution is 2.26. The van der Waals surface area contributed by atoms with E-state index in [4.69, 9.17) is 0 Å². The first-order valence-corrected chi connectivity index (χ1v) is 10.1. The summed E-state index contributed by atoms with van der Waals surface area (Å²) in [4.78, 5) is 0.113. The molecule has 1 heterocycles. The fraction of sp³-hybridized carbons (Fsp3) is 0.167. The quantitative estimate of drug-likeness (QED) is 0.653. The van der Waals surface area contributed by atoms with Gasteiger partial charge < -0.3 is 0 Å². The Balaban J connectivity index is 2.02. The van der Waals surface area contributed by atoms with Crippen LogP contribution in [0.3, 0.4) is 0 Å². The van der Waals surface area contributed by atoms with Gasteiger partial charge in [0.2, 0.25) is 0 Å². The first-order chi connectivity index (χ1) is 12.2. The van der Waals surface area contributed by atoms with E-state index in [9.17, 15) is 12.8 Å². The zero-order chi connectivity index (χ0) is 19.1. The van der Waals surface area contributed by atoms with Crippen LogP contribution in [-0.2, 0) is 10.0 Å². The molecule has 0 aliphatic heterocycles. The van der Waals surface area contributed by atoms with E-state index in [0.29, 0.717) is 22.8 Å². The summed E-state index contributed by atoms with van der Waals surface area (Å²) in [5.74, 6) is -0.365. The molecule has 136 valence electrons. The number of rotatable bonds is 4. The predicted octanol–water partition coefficient (Wildman–Crippen LogP) is 4.50. The zero-order valence-electron chi connectivity index (χ0n) is 14.4. The van der Waals surface area contributed by atoms with E-state index in [0.717, 1.165) is 10.0 Å². The van der Waals surface area contributed by atoms with E-state index < -0.39 is 10.0 Å². The highest BCUT2D eigenvalue weighted by atomic mass is 79.9. The van der Waals surface area contributed by atoms with Crippen molar-refractivity contribution in [2.75, 3.05) is 4.72 Å². The van der Waals surface area contributed by atoms with Gasteiger partial charge in [-0.3, -0.25) is 4.72 Å². The Labute approximate surface area is 160 Å². The van der Waals surface area contributed by atoms with Crippen LogP contribution in [0.25, 0.3) is 5.69 Å². The molecule has 2 aromatic carbocycles. The van der Waals surface area contributed by atoms with Crippen molar-refractivity contribution < 1.29 is 12.8 Å². The summed E-state index contributed by atoms with van der Waals surface area (Å²) in [6, 6.07) is 10.9. The second kappa shape index (κ2) is 6.85. The maximum atomic E-state index is 13.1. The summed E-state index contributed by atoms with van der Waals surface area (Å²) in [6.07, 6.45) is 0. The number of nitrogens with one attached hydrogen (secondary N) is 1. The molecule has 0 saturated carbocycles. The fourth-order valence-corrected chi connectivity index (χ4v) is 4.46. The third-order valence-corrected chi connectivity index (χ3v) is 6.50. The van der Waals surface area contributed by atoms with Gasteiger partial charge in [0.1, 0.15) is 10.7 Å². The van der Waals surface area contributed by atoms with Crippen molar-refractivity contribution in [3.05, 3.63) is 69.7 Å². The van der Waals surface area contributed by atoms with Crippen LogP contribution in [0.4, 0.5) is 10.1 Å². The van der Waals surface area contributed by atoms with Gasteiger partial charge in [0, 0.05) is 10.2 Å². The Kier molecular flexibility index (Phi) is 4.90. The van der Waals surface area contributed by atoms with Crippen molar-refractivity contribution in [2.45, 2.75) is 25.7 Å². The molecule has 0 unspecified atom stereocenters. The molecule has 0 aliphatic carbocycles. The minimum absolute atomic E-state index is 0.113. The number of anilines is 1. The van der Waals surface area contributed by atoms with Crippen molar-refractivity contribution in [3.8, 4) is 5.69 Å². The van der Waals surface area contributed by atoms with Crippen molar-refractivity contribution in [3.63, 3.8) is 0 Å². The molecular formula is C18H17BrFN3O2S. The predicted molar refractivity (Wildman–Crippen MR) is 103 cm³/mol. The van der Waals surface area contributed by atoms with Crippen LogP contribution in [0.1, 0.15) is 17.0 Å². The summed E-state index contributed by atoms with van der Waals surface area (Å²) in [5.41, 5.74) is 2.80. The van der Waals surface area contributed by atoms with E-state index >= 15 is 0 Å². The number of hydrogen-bond acceptors (Lipinski definition) is 3. The molecule has 8 heteroatoms. The molecule has 0 radical (unpaired) electrons. The molecule has 1 N–H and O–H groups in total. The Hall–Kier alpha value is -2.19. The van der Waals surface area contributed by atoms with Crippen LogP contribution in [0, 0.1) is 26.6 Å². The molecule has 0 fully saturated rings. The average Bonchev–Trinajstić information content (AvgIpc) is 2.87. The van der Waals surface area contributed by atoms with Gasteiger partial charge in [-0.2, -0.15) is 5.10 Å². The third-order valence-electron chi connectivity index (χ3n) is 3.98. The summed E-state index contributed by atoms with van der Waals surface area (Å²) < 4.78 is 43.9. The molecule has 3 rings (SSSR count). The molecule has 0 spiro atoms. The minimum Gasteiger partial charge on any atom is -0.280 e. The van der Waals surface area contributed by atoms with Crippen LogP contribution < -0.4 is 4.72 Å². The van der Waals surface area contributed by atoms with Gasteiger partial charge in [-0.25, -0.2) is 17.5 Å². The van der Waals surface area contributed by atoms with Crippen LogP contribution in [0.5, 0.6) is 0 Å². The fourth-order valence-electron chi connectivity index (χ4n) is 2.77. The van der Waals surface area contributed by atoms with Gasteiger partial charge >= 0.3 is 0 Å². The van der Waals surface area contributed by atoms with Gasteiger partial charge in [-0.05, 0) is 68.8 Å². The molecule has 0 saturated heterocycles. The maximum Gasteiger partial charge on any atom is 0.265 e. The molecule has 3 aromatic rings. The molecule has 26 heavy (non-hydrogen) atoms.